The van der Waals surface area contributed by atoms with Crippen molar-refractivity contribution >= 4 is 45.0 Å². The lowest BCUT2D eigenvalue weighted by Crippen LogP contribution is -2.16. The maximum atomic E-state index is 13.4. The summed E-state index contributed by atoms with van der Waals surface area (Å²) in [6.45, 7) is 1.88. The predicted molar refractivity (Wildman–Crippen MR) is 140 cm³/mol. The Morgan fingerprint density at radius 3 is 2.55 bits per heavy atom. The fraction of sp³-hybridized carbons (Fsp3) is 0.0769. The monoisotopic (exact) mass is 533 g/mol. The van der Waals surface area contributed by atoms with Crippen LogP contribution in [0.5, 0.6) is 0 Å². The first-order valence-electron chi connectivity index (χ1n) is 11.2. The Morgan fingerprint density at radius 1 is 1.08 bits per heavy atom. The number of carbonyl (C=O) groups is 1. The predicted octanol–water partition coefficient (Wildman–Crippen LogP) is 4.61. The number of hydrogen-bond donors (Lipinski definition) is 3. The van der Waals surface area contributed by atoms with Gasteiger partial charge >= 0.3 is 5.22 Å². The van der Waals surface area contributed by atoms with E-state index in [0.717, 1.165) is 5.56 Å². The molecule has 1 unspecified atom stereocenters. The van der Waals surface area contributed by atoms with Gasteiger partial charge in [-0.1, -0.05) is 6.07 Å². The van der Waals surface area contributed by atoms with Gasteiger partial charge in [0.25, 0.3) is 11.5 Å². The summed E-state index contributed by atoms with van der Waals surface area (Å²) in [6, 6.07) is 15.5. The van der Waals surface area contributed by atoms with Crippen molar-refractivity contribution in [2.24, 2.45) is 7.05 Å². The van der Waals surface area contributed by atoms with Crippen LogP contribution < -0.4 is 16.2 Å². The van der Waals surface area contributed by atoms with E-state index in [0.29, 0.717) is 33.5 Å². The maximum absolute atomic E-state index is 13.4. The van der Waals surface area contributed by atoms with E-state index < -0.39 is 28.0 Å². The first-order valence-corrected chi connectivity index (χ1v) is 12.3. The zero-order valence-corrected chi connectivity index (χ0v) is 20.9. The highest BCUT2D eigenvalue weighted by Crippen LogP contribution is 2.29. The van der Waals surface area contributed by atoms with Gasteiger partial charge < -0.3 is 19.6 Å². The number of anilines is 3. The SMILES string of the molecule is Cc1ccc(NC(=O)c2nc(S(=O)O)oc2-c2ccc(F)cc2)cc1Nc1ccc2ncn(C)c(=O)c2c1. The van der Waals surface area contributed by atoms with Crippen LogP contribution in [0.15, 0.2) is 81.4 Å². The number of fused-ring (bicyclic) bond motifs is 1. The molecule has 0 saturated heterocycles. The molecule has 0 bridgehead atoms. The van der Waals surface area contributed by atoms with E-state index in [1.54, 1.807) is 43.4 Å². The Balaban J connectivity index is 1.44. The molecule has 10 nitrogen and oxygen atoms in total. The van der Waals surface area contributed by atoms with Crippen molar-refractivity contribution in [2.75, 3.05) is 10.6 Å². The number of benzene rings is 3. The fourth-order valence-corrected chi connectivity index (χ4v) is 4.12. The number of oxazole rings is 1. The average molecular weight is 534 g/mol. The van der Waals surface area contributed by atoms with Crippen molar-refractivity contribution in [3.63, 3.8) is 0 Å². The molecule has 5 rings (SSSR count). The molecule has 1 atom stereocenters. The summed E-state index contributed by atoms with van der Waals surface area (Å²) in [7, 11) is 1.63. The first kappa shape index (κ1) is 25.0. The van der Waals surface area contributed by atoms with Crippen LogP contribution in [-0.4, -0.2) is 29.2 Å². The average Bonchev–Trinajstić information content (AvgIpc) is 3.35. The van der Waals surface area contributed by atoms with Crippen molar-refractivity contribution in [1.82, 2.24) is 14.5 Å². The van der Waals surface area contributed by atoms with Crippen LogP contribution in [0.4, 0.5) is 21.5 Å². The second kappa shape index (κ2) is 10.00. The lowest BCUT2D eigenvalue weighted by Gasteiger charge is -2.13. The van der Waals surface area contributed by atoms with Crippen LogP contribution >= 0.6 is 0 Å². The van der Waals surface area contributed by atoms with Crippen molar-refractivity contribution in [1.29, 1.82) is 0 Å². The topological polar surface area (TPSA) is 139 Å². The highest BCUT2D eigenvalue weighted by atomic mass is 32.2. The molecule has 0 aliphatic carbocycles. The number of amides is 1. The van der Waals surface area contributed by atoms with Gasteiger partial charge in [-0.15, -0.1) is 0 Å². The van der Waals surface area contributed by atoms with Gasteiger partial charge in [0.1, 0.15) is 5.82 Å². The Kier molecular flexibility index (Phi) is 6.57. The summed E-state index contributed by atoms with van der Waals surface area (Å²) in [5, 5.41) is 5.87. The van der Waals surface area contributed by atoms with Crippen LogP contribution in [0.2, 0.25) is 0 Å². The second-order valence-electron chi connectivity index (χ2n) is 8.41. The number of nitrogens with one attached hydrogen (secondary N) is 2. The van der Waals surface area contributed by atoms with Crippen LogP contribution in [-0.2, 0) is 18.1 Å². The molecule has 0 aliphatic rings. The van der Waals surface area contributed by atoms with Gasteiger partial charge in [0, 0.05) is 29.7 Å². The minimum Gasteiger partial charge on any atom is -0.427 e. The molecule has 0 radical (unpaired) electrons. The van der Waals surface area contributed by atoms with E-state index in [2.05, 4.69) is 20.6 Å². The highest BCUT2D eigenvalue weighted by Gasteiger charge is 2.24. The summed E-state index contributed by atoms with van der Waals surface area (Å²) in [6.07, 6.45) is 1.46. The molecular weight excluding hydrogens is 513 g/mol. The summed E-state index contributed by atoms with van der Waals surface area (Å²) in [5.41, 5.74) is 3.06. The second-order valence-corrected chi connectivity index (χ2v) is 9.26. The molecule has 12 heteroatoms. The minimum atomic E-state index is -2.57. The molecule has 3 N–H and O–H groups in total. The molecule has 38 heavy (non-hydrogen) atoms. The number of rotatable bonds is 6. The number of aryl methyl sites for hydroxylation is 2. The molecular formula is C26H20FN5O5S. The van der Waals surface area contributed by atoms with Gasteiger partial charge in [-0.25, -0.2) is 13.6 Å². The minimum absolute atomic E-state index is 0.0725. The van der Waals surface area contributed by atoms with Gasteiger partial charge in [0.15, 0.2) is 11.5 Å². The van der Waals surface area contributed by atoms with Crippen LogP contribution in [0.1, 0.15) is 16.1 Å². The van der Waals surface area contributed by atoms with Gasteiger partial charge in [0.2, 0.25) is 11.1 Å². The third-order valence-corrected chi connectivity index (χ3v) is 6.24. The van der Waals surface area contributed by atoms with Crippen LogP contribution in [0, 0.1) is 12.7 Å². The number of halogens is 1. The van der Waals surface area contributed by atoms with Crippen molar-refractivity contribution < 1.29 is 22.4 Å². The third-order valence-electron chi connectivity index (χ3n) is 5.77. The zero-order chi connectivity index (χ0) is 27.0. The fourth-order valence-electron chi connectivity index (χ4n) is 3.80. The summed E-state index contributed by atoms with van der Waals surface area (Å²) in [4.78, 5) is 33.7. The van der Waals surface area contributed by atoms with Gasteiger partial charge in [0.05, 0.1) is 17.2 Å². The lowest BCUT2D eigenvalue weighted by atomic mass is 10.1. The normalized spacial score (nSPS) is 11.9. The molecule has 3 aromatic carbocycles. The standard InChI is InChI=1S/C26H20FN5O5S/c1-14-3-8-18(12-21(14)29-17-9-10-20-19(11-17)25(34)32(2)13-28-20)30-24(33)22-23(37-26(31-22)38(35)36)15-4-6-16(27)7-5-15/h3-13,29H,1-2H3,(H,30,33)(H,35,36). The molecule has 0 saturated carbocycles. The van der Waals surface area contributed by atoms with Crippen molar-refractivity contribution in [2.45, 2.75) is 12.1 Å². The van der Waals surface area contributed by atoms with Gasteiger partial charge in [-0.2, -0.15) is 4.98 Å². The third kappa shape index (κ3) is 4.94. The zero-order valence-electron chi connectivity index (χ0n) is 20.1. The van der Waals surface area contributed by atoms with E-state index in [9.17, 15) is 22.7 Å². The van der Waals surface area contributed by atoms with E-state index in [4.69, 9.17) is 4.42 Å². The summed E-state index contributed by atoms with van der Waals surface area (Å²) in [5.74, 6) is -1.26. The Morgan fingerprint density at radius 2 is 1.82 bits per heavy atom. The summed E-state index contributed by atoms with van der Waals surface area (Å²) < 4.78 is 41.1. The molecule has 0 spiro atoms. The molecule has 0 fully saturated rings. The van der Waals surface area contributed by atoms with E-state index in [1.807, 2.05) is 6.92 Å². The Labute approximate surface area is 217 Å². The van der Waals surface area contributed by atoms with E-state index in [1.165, 1.54) is 35.2 Å². The molecule has 5 aromatic rings. The molecule has 2 heterocycles. The van der Waals surface area contributed by atoms with Crippen molar-refractivity contribution in [3.05, 3.63) is 94.4 Å². The molecule has 2 aromatic heterocycles. The van der Waals surface area contributed by atoms with E-state index in [-0.39, 0.29) is 17.0 Å². The largest absolute Gasteiger partial charge is 0.427 e. The van der Waals surface area contributed by atoms with Crippen LogP contribution in [0.25, 0.3) is 22.2 Å². The highest BCUT2D eigenvalue weighted by molar-refractivity contribution is 7.79. The lowest BCUT2D eigenvalue weighted by molar-refractivity contribution is 0.102. The van der Waals surface area contributed by atoms with Gasteiger partial charge in [-0.3, -0.25) is 14.1 Å². The smallest absolute Gasteiger partial charge is 0.316 e. The number of hydrogen-bond acceptors (Lipinski definition) is 7. The maximum Gasteiger partial charge on any atom is 0.316 e. The molecule has 192 valence electrons. The van der Waals surface area contributed by atoms with E-state index >= 15 is 0 Å². The van der Waals surface area contributed by atoms with Crippen LogP contribution in [0.3, 0.4) is 0 Å². The van der Waals surface area contributed by atoms with Crippen molar-refractivity contribution in [3.8, 4) is 11.3 Å². The Hall–Kier alpha value is -4.68. The molecule has 1 amide bonds. The number of aromatic nitrogens is 3. The van der Waals surface area contributed by atoms with Gasteiger partial charge in [-0.05, 0) is 67.1 Å². The first-order chi connectivity index (χ1) is 18.2. The number of nitrogens with zero attached hydrogens (tertiary/aromatic N) is 3. The quantitative estimate of drug-likeness (QED) is 0.269. The Bertz CT molecular complexity index is 1780. The number of carbonyl (C=O) groups excluding carboxylic acids is 1. The summed E-state index contributed by atoms with van der Waals surface area (Å²) >= 11 is -2.57. The molecule has 0 aliphatic heterocycles.